The Morgan fingerprint density at radius 2 is 2.20 bits per heavy atom. The van der Waals surface area contributed by atoms with Crippen LogP contribution < -0.4 is 4.74 Å². The van der Waals surface area contributed by atoms with Gasteiger partial charge in [0.1, 0.15) is 5.75 Å². The summed E-state index contributed by atoms with van der Waals surface area (Å²) in [6.45, 7) is 3.80. The van der Waals surface area contributed by atoms with Crippen LogP contribution >= 0.6 is 0 Å². The van der Waals surface area contributed by atoms with Crippen LogP contribution in [0.2, 0.25) is 0 Å². The lowest BCUT2D eigenvalue weighted by Gasteiger charge is -2.28. The standard InChI is InChI=1S/C17H25NO2/c1-3-15-9-5-4-6-11-18(15)13-17(19)14-8-7-10-16(12-14)20-2/h7-8,10,12,15H,3-6,9,11,13H2,1-2H3. The second-order valence-electron chi connectivity index (χ2n) is 5.54. The van der Waals surface area contributed by atoms with Crippen molar-refractivity contribution >= 4 is 5.78 Å². The van der Waals surface area contributed by atoms with E-state index in [0.717, 1.165) is 24.3 Å². The van der Waals surface area contributed by atoms with Gasteiger partial charge in [-0.2, -0.15) is 0 Å². The first kappa shape index (κ1) is 15.0. The van der Waals surface area contributed by atoms with Crippen molar-refractivity contribution < 1.29 is 9.53 Å². The Hall–Kier alpha value is -1.35. The lowest BCUT2D eigenvalue weighted by Crippen LogP contribution is -2.38. The monoisotopic (exact) mass is 275 g/mol. The molecule has 1 aromatic rings. The van der Waals surface area contributed by atoms with Gasteiger partial charge in [-0.05, 0) is 37.9 Å². The number of carbonyl (C=O) groups excluding carboxylic acids is 1. The summed E-state index contributed by atoms with van der Waals surface area (Å²) in [5.74, 6) is 0.947. The molecule has 0 radical (unpaired) electrons. The largest absolute Gasteiger partial charge is 0.497 e. The van der Waals surface area contributed by atoms with Gasteiger partial charge in [0.05, 0.1) is 13.7 Å². The van der Waals surface area contributed by atoms with E-state index < -0.39 is 0 Å². The van der Waals surface area contributed by atoms with Crippen LogP contribution in [0.3, 0.4) is 0 Å². The van der Waals surface area contributed by atoms with E-state index in [4.69, 9.17) is 4.74 Å². The van der Waals surface area contributed by atoms with Gasteiger partial charge in [-0.3, -0.25) is 9.69 Å². The molecule has 1 fully saturated rings. The average Bonchev–Trinajstić information content (AvgIpc) is 2.72. The zero-order valence-corrected chi connectivity index (χ0v) is 12.6. The number of ketones is 1. The molecule has 1 unspecified atom stereocenters. The van der Waals surface area contributed by atoms with Crippen molar-refractivity contribution in [3.63, 3.8) is 0 Å². The number of nitrogens with zero attached hydrogens (tertiary/aromatic N) is 1. The highest BCUT2D eigenvalue weighted by atomic mass is 16.5. The molecule has 0 spiro atoms. The van der Waals surface area contributed by atoms with Crippen LogP contribution in [-0.2, 0) is 0 Å². The van der Waals surface area contributed by atoms with Crippen LogP contribution in [-0.4, -0.2) is 36.9 Å². The van der Waals surface area contributed by atoms with Gasteiger partial charge >= 0.3 is 0 Å². The molecule has 0 aliphatic carbocycles. The van der Waals surface area contributed by atoms with Crippen LogP contribution in [0.4, 0.5) is 0 Å². The summed E-state index contributed by atoms with van der Waals surface area (Å²) >= 11 is 0. The van der Waals surface area contributed by atoms with E-state index in [0.29, 0.717) is 12.6 Å². The first-order chi connectivity index (χ1) is 9.74. The maximum atomic E-state index is 12.5. The fourth-order valence-corrected chi connectivity index (χ4v) is 2.98. The second-order valence-corrected chi connectivity index (χ2v) is 5.54. The third-order valence-corrected chi connectivity index (χ3v) is 4.21. The maximum Gasteiger partial charge on any atom is 0.176 e. The molecule has 1 atom stereocenters. The topological polar surface area (TPSA) is 29.5 Å². The molecule has 1 saturated heterocycles. The Balaban J connectivity index is 2.04. The van der Waals surface area contributed by atoms with Crippen LogP contribution in [0.15, 0.2) is 24.3 Å². The molecule has 0 bridgehead atoms. The average molecular weight is 275 g/mol. The molecule has 110 valence electrons. The molecule has 0 amide bonds. The van der Waals surface area contributed by atoms with E-state index >= 15 is 0 Å². The summed E-state index contributed by atoms with van der Waals surface area (Å²) in [4.78, 5) is 14.8. The smallest absolute Gasteiger partial charge is 0.176 e. The molecule has 3 nitrogen and oxygen atoms in total. The highest BCUT2D eigenvalue weighted by molar-refractivity contribution is 5.98. The molecule has 0 N–H and O–H groups in total. The van der Waals surface area contributed by atoms with E-state index in [2.05, 4.69) is 11.8 Å². The van der Waals surface area contributed by atoms with Crippen molar-refractivity contribution in [3.05, 3.63) is 29.8 Å². The fourth-order valence-electron chi connectivity index (χ4n) is 2.98. The predicted molar refractivity (Wildman–Crippen MR) is 81.4 cm³/mol. The fraction of sp³-hybridized carbons (Fsp3) is 0.588. The van der Waals surface area contributed by atoms with Crippen molar-refractivity contribution in [2.45, 2.75) is 45.1 Å². The van der Waals surface area contributed by atoms with E-state index in [-0.39, 0.29) is 5.78 Å². The molecule has 3 heteroatoms. The van der Waals surface area contributed by atoms with Crippen molar-refractivity contribution in [1.29, 1.82) is 0 Å². The first-order valence-corrected chi connectivity index (χ1v) is 7.66. The number of likely N-dealkylation sites (tertiary alicyclic amines) is 1. The van der Waals surface area contributed by atoms with Gasteiger partial charge in [0.15, 0.2) is 5.78 Å². The molecule has 0 aromatic heterocycles. The quantitative estimate of drug-likeness (QED) is 0.770. The van der Waals surface area contributed by atoms with E-state index in [9.17, 15) is 4.79 Å². The molecule has 1 heterocycles. The van der Waals surface area contributed by atoms with Gasteiger partial charge in [0, 0.05) is 11.6 Å². The van der Waals surface area contributed by atoms with Crippen LogP contribution in [0, 0.1) is 0 Å². The zero-order chi connectivity index (χ0) is 14.4. The molecule has 0 saturated carbocycles. The Kier molecular flexibility index (Phi) is 5.60. The molecule has 1 aliphatic rings. The molecular formula is C17H25NO2. The molecule has 1 aliphatic heterocycles. The molecule has 20 heavy (non-hydrogen) atoms. The third kappa shape index (κ3) is 3.83. The van der Waals surface area contributed by atoms with Gasteiger partial charge in [-0.25, -0.2) is 0 Å². The highest BCUT2D eigenvalue weighted by Crippen LogP contribution is 2.20. The third-order valence-electron chi connectivity index (χ3n) is 4.21. The van der Waals surface area contributed by atoms with Gasteiger partial charge in [0.25, 0.3) is 0 Å². The summed E-state index contributed by atoms with van der Waals surface area (Å²) in [6.07, 6.45) is 6.15. The number of hydrogen-bond donors (Lipinski definition) is 0. The van der Waals surface area contributed by atoms with Crippen molar-refractivity contribution in [3.8, 4) is 5.75 Å². The minimum atomic E-state index is 0.198. The number of rotatable bonds is 5. The SMILES string of the molecule is CCC1CCCCCN1CC(=O)c1cccc(OC)c1. The number of hydrogen-bond acceptors (Lipinski definition) is 3. The highest BCUT2D eigenvalue weighted by Gasteiger charge is 2.22. The van der Waals surface area contributed by atoms with Crippen LogP contribution in [0.1, 0.15) is 49.4 Å². The minimum absolute atomic E-state index is 0.198. The summed E-state index contributed by atoms with van der Waals surface area (Å²) in [6, 6.07) is 8.03. The lowest BCUT2D eigenvalue weighted by molar-refractivity contribution is 0.0890. The number of carbonyl (C=O) groups is 1. The normalized spacial score (nSPS) is 20.4. The number of methoxy groups -OCH3 is 1. The van der Waals surface area contributed by atoms with Crippen molar-refractivity contribution in [2.24, 2.45) is 0 Å². The molecule has 1 aromatic carbocycles. The molecular weight excluding hydrogens is 250 g/mol. The van der Waals surface area contributed by atoms with E-state index in [1.807, 2.05) is 24.3 Å². The lowest BCUT2D eigenvalue weighted by atomic mass is 10.1. The van der Waals surface area contributed by atoms with E-state index in [1.54, 1.807) is 7.11 Å². The number of benzene rings is 1. The predicted octanol–water partition coefficient (Wildman–Crippen LogP) is 3.53. The van der Waals surface area contributed by atoms with Gasteiger partial charge in [-0.15, -0.1) is 0 Å². The second kappa shape index (κ2) is 7.44. The van der Waals surface area contributed by atoms with Gasteiger partial charge < -0.3 is 4.74 Å². The summed E-state index contributed by atoms with van der Waals surface area (Å²) < 4.78 is 5.19. The van der Waals surface area contributed by atoms with Crippen molar-refractivity contribution in [2.75, 3.05) is 20.2 Å². The summed E-state index contributed by atoms with van der Waals surface area (Å²) in [5.41, 5.74) is 0.753. The Morgan fingerprint density at radius 3 is 2.95 bits per heavy atom. The van der Waals surface area contributed by atoms with Crippen LogP contribution in [0.25, 0.3) is 0 Å². The van der Waals surface area contributed by atoms with Crippen LogP contribution in [0.5, 0.6) is 5.75 Å². The number of Topliss-reactive ketones (excluding diaryl/α,β-unsaturated/α-hetero) is 1. The number of ether oxygens (including phenoxy) is 1. The first-order valence-electron chi connectivity index (χ1n) is 7.66. The maximum absolute atomic E-state index is 12.5. The summed E-state index contributed by atoms with van der Waals surface area (Å²) in [7, 11) is 1.63. The Labute approximate surface area is 121 Å². The van der Waals surface area contributed by atoms with Crippen molar-refractivity contribution in [1.82, 2.24) is 4.90 Å². The van der Waals surface area contributed by atoms with Gasteiger partial charge in [-0.1, -0.05) is 31.9 Å². The Morgan fingerprint density at radius 1 is 1.35 bits per heavy atom. The van der Waals surface area contributed by atoms with E-state index in [1.165, 1.54) is 25.7 Å². The summed E-state index contributed by atoms with van der Waals surface area (Å²) in [5, 5.41) is 0. The minimum Gasteiger partial charge on any atom is -0.497 e. The van der Waals surface area contributed by atoms with Gasteiger partial charge in [0.2, 0.25) is 0 Å². The zero-order valence-electron chi connectivity index (χ0n) is 12.6. The Bertz CT molecular complexity index is 444. The molecule has 2 rings (SSSR count).